The molecule has 4 rings (SSSR count). The van der Waals surface area contributed by atoms with Crippen LogP contribution in [0.2, 0.25) is 0 Å². The predicted molar refractivity (Wildman–Crippen MR) is 131 cm³/mol. The summed E-state index contributed by atoms with van der Waals surface area (Å²) in [5, 5.41) is 3.36. The van der Waals surface area contributed by atoms with E-state index in [2.05, 4.69) is 5.32 Å². The summed E-state index contributed by atoms with van der Waals surface area (Å²) in [4.78, 5) is 26.8. The number of dihydropyridines is 1. The van der Waals surface area contributed by atoms with Gasteiger partial charge in [0.05, 0.1) is 31.3 Å². The lowest BCUT2D eigenvalue weighted by molar-refractivity contribution is -0.141. The zero-order valence-electron chi connectivity index (χ0n) is 21.0. The van der Waals surface area contributed by atoms with Crippen LogP contribution in [0, 0.1) is 6.92 Å². The molecule has 2 heterocycles. The van der Waals surface area contributed by atoms with Crippen molar-refractivity contribution in [3.8, 4) is 5.75 Å². The minimum atomic E-state index is -0.614. The SMILES string of the molecule is COc1cccc([C@@H]2CC(=O)C3=C(C2)NC(C)=C(C(=O)OCCOC(C)C)[C@@H]3c2ccc(C)o2)c1. The number of ether oxygens (including phenoxy) is 3. The molecule has 7 nitrogen and oxygen atoms in total. The van der Waals surface area contributed by atoms with Crippen LogP contribution in [0.3, 0.4) is 0 Å². The maximum Gasteiger partial charge on any atom is 0.336 e. The van der Waals surface area contributed by atoms with Crippen LogP contribution in [0.4, 0.5) is 0 Å². The van der Waals surface area contributed by atoms with Gasteiger partial charge in [-0.25, -0.2) is 4.79 Å². The van der Waals surface area contributed by atoms with Crippen molar-refractivity contribution in [2.75, 3.05) is 20.3 Å². The number of rotatable bonds is 8. The second-order valence-electron chi connectivity index (χ2n) is 9.30. The Morgan fingerprint density at radius 3 is 2.63 bits per heavy atom. The molecular weight excluding hydrogens is 446 g/mol. The Morgan fingerprint density at radius 1 is 1.14 bits per heavy atom. The van der Waals surface area contributed by atoms with Crippen molar-refractivity contribution in [3.05, 3.63) is 76.0 Å². The summed E-state index contributed by atoms with van der Waals surface area (Å²) >= 11 is 0. The van der Waals surface area contributed by atoms with Gasteiger partial charge in [-0.1, -0.05) is 12.1 Å². The first-order chi connectivity index (χ1) is 16.8. The third-order valence-corrected chi connectivity index (χ3v) is 6.43. The van der Waals surface area contributed by atoms with E-state index in [0.29, 0.717) is 47.8 Å². The zero-order chi connectivity index (χ0) is 25.1. The molecule has 0 saturated carbocycles. The van der Waals surface area contributed by atoms with Gasteiger partial charge in [0.1, 0.15) is 23.9 Å². The summed E-state index contributed by atoms with van der Waals surface area (Å²) in [7, 11) is 1.63. The van der Waals surface area contributed by atoms with Crippen molar-refractivity contribution in [3.63, 3.8) is 0 Å². The molecule has 0 radical (unpaired) electrons. The van der Waals surface area contributed by atoms with Gasteiger partial charge in [0.15, 0.2) is 5.78 Å². The number of methoxy groups -OCH3 is 1. The van der Waals surface area contributed by atoms with Gasteiger partial charge in [-0.3, -0.25) is 4.79 Å². The first-order valence-electron chi connectivity index (χ1n) is 12.0. The average Bonchev–Trinajstić information content (AvgIpc) is 3.26. The van der Waals surface area contributed by atoms with Crippen LogP contribution in [-0.2, 0) is 19.1 Å². The summed E-state index contributed by atoms with van der Waals surface area (Å²) in [5.41, 5.74) is 3.51. The second kappa shape index (κ2) is 10.5. The molecule has 2 aromatic rings. The highest BCUT2D eigenvalue weighted by Crippen LogP contribution is 2.46. The molecule has 0 unspecified atom stereocenters. The molecule has 0 bridgehead atoms. The Balaban J connectivity index is 1.66. The number of Topliss-reactive ketones (excluding diaryl/α,β-unsaturated/α-hetero) is 1. The van der Waals surface area contributed by atoms with E-state index < -0.39 is 11.9 Å². The number of aryl methyl sites for hydroxylation is 1. The fourth-order valence-corrected chi connectivity index (χ4v) is 4.83. The van der Waals surface area contributed by atoms with Gasteiger partial charge in [-0.15, -0.1) is 0 Å². The lowest BCUT2D eigenvalue weighted by Crippen LogP contribution is -2.36. The third-order valence-electron chi connectivity index (χ3n) is 6.43. The van der Waals surface area contributed by atoms with Gasteiger partial charge >= 0.3 is 5.97 Å². The van der Waals surface area contributed by atoms with Crippen molar-refractivity contribution in [2.45, 2.75) is 58.5 Å². The van der Waals surface area contributed by atoms with Crippen molar-refractivity contribution in [2.24, 2.45) is 0 Å². The lowest BCUT2D eigenvalue weighted by atomic mass is 9.73. The number of carbonyl (C=O) groups excluding carboxylic acids is 2. The number of hydrogen-bond acceptors (Lipinski definition) is 7. The van der Waals surface area contributed by atoms with Crippen molar-refractivity contribution in [1.29, 1.82) is 0 Å². The highest BCUT2D eigenvalue weighted by Gasteiger charge is 2.42. The highest BCUT2D eigenvalue weighted by molar-refractivity contribution is 6.04. The summed E-state index contributed by atoms with van der Waals surface area (Å²) < 4.78 is 22.4. The molecule has 2 aliphatic rings. The standard InChI is InChI=1S/C28H33NO6/c1-16(2)33-11-12-34-28(31)25-18(4)29-22-14-20(19-7-6-8-21(13-19)32-5)15-23(30)26(22)27(25)24-10-9-17(3)35-24/h6-10,13,16,20,27,29H,11-12,14-15H2,1-5H3/t20-,27-/m0/s1. The molecule has 186 valence electrons. The number of hydrogen-bond donors (Lipinski definition) is 1. The van der Waals surface area contributed by atoms with E-state index in [1.165, 1.54) is 0 Å². The molecule has 7 heteroatoms. The van der Waals surface area contributed by atoms with E-state index in [4.69, 9.17) is 18.6 Å². The second-order valence-corrected chi connectivity index (χ2v) is 9.30. The average molecular weight is 480 g/mol. The summed E-state index contributed by atoms with van der Waals surface area (Å²) in [6.45, 7) is 7.98. The Labute approximate surface area is 206 Å². The fraction of sp³-hybridized carbons (Fsp3) is 0.429. The molecule has 35 heavy (non-hydrogen) atoms. The fourth-order valence-electron chi connectivity index (χ4n) is 4.83. The van der Waals surface area contributed by atoms with Gasteiger partial charge in [-0.2, -0.15) is 0 Å². The predicted octanol–water partition coefficient (Wildman–Crippen LogP) is 4.93. The minimum Gasteiger partial charge on any atom is -0.497 e. The monoisotopic (exact) mass is 479 g/mol. The molecule has 1 aliphatic heterocycles. The zero-order valence-corrected chi connectivity index (χ0v) is 21.0. The van der Waals surface area contributed by atoms with Gasteiger partial charge in [0.25, 0.3) is 0 Å². The van der Waals surface area contributed by atoms with Crippen LogP contribution >= 0.6 is 0 Å². The molecule has 1 aliphatic carbocycles. The molecule has 0 spiro atoms. The van der Waals surface area contributed by atoms with E-state index in [1.54, 1.807) is 7.11 Å². The number of benzene rings is 1. The Hall–Kier alpha value is -3.32. The van der Waals surface area contributed by atoms with Gasteiger partial charge in [0, 0.05) is 23.4 Å². The first kappa shape index (κ1) is 24.8. The molecule has 0 saturated heterocycles. The Bertz CT molecular complexity index is 1170. The van der Waals surface area contributed by atoms with Gasteiger partial charge in [0.2, 0.25) is 0 Å². The van der Waals surface area contributed by atoms with Crippen molar-refractivity contribution < 1.29 is 28.2 Å². The molecule has 1 aromatic carbocycles. The van der Waals surface area contributed by atoms with E-state index in [0.717, 1.165) is 17.0 Å². The van der Waals surface area contributed by atoms with Gasteiger partial charge in [-0.05, 0) is 69.9 Å². The van der Waals surface area contributed by atoms with Crippen LogP contribution in [-0.4, -0.2) is 38.2 Å². The van der Waals surface area contributed by atoms with Crippen LogP contribution in [0.5, 0.6) is 5.75 Å². The normalized spacial score (nSPS) is 20.1. The maximum absolute atomic E-state index is 13.6. The van der Waals surface area contributed by atoms with Gasteiger partial charge < -0.3 is 23.9 Å². The quantitative estimate of drug-likeness (QED) is 0.424. The van der Waals surface area contributed by atoms with E-state index in [-0.39, 0.29) is 24.4 Å². The van der Waals surface area contributed by atoms with Crippen molar-refractivity contribution >= 4 is 11.8 Å². The minimum absolute atomic E-state index is 0.00781. The number of nitrogens with one attached hydrogen (secondary N) is 1. The van der Waals surface area contributed by atoms with Crippen LogP contribution in [0.1, 0.15) is 62.5 Å². The Kier molecular flexibility index (Phi) is 7.45. The van der Waals surface area contributed by atoms with E-state index >= 15 is 0 Å². The van der Waals surface area contributed by atoms with Crippen LogP contribution in [0.15, 0.2) is 63.4 Å². The number of furan rings is 1. The summed E-state index contributed by atoms with van der Waals surface area (Å²) in [6.07, 6.45) is 1.04. The van der Waals surface area contributed by atoms with Crippen LogP contribution < -0.4 is 10.1 Å². The first-order valence-corrected chi connectivity index (χ1v) is 12.0. The van der Waals surface area contributed by atoms with Crippen LogP contribution in [0.25, 0.3) is 0 Å². The molecule has 2 atom stereocenters. The summed E-state index contributed by atoms with van der Waals surface area (Å²) in [5.74, 6) is 0.956. The van der Waals surface area contributed by atoms with E-state index in [9.17, 15) is 9.59 Å². The lowest BCUT2D eigenvalue weighted by Gasteiger charge is -2.35. The third kappa shape index (κ3) is 5.35. The smallest absolute Gasteiger partial charge is 0.336 e. The maximum atomic E-state index is 13.6. The number of esters is 1. The number of allylic oxidation sites excluding steroid dienone is 3. The largest absolute Gasteiger partial charge is 0.497 e. The Morgan fingerprint density at radius 2 is 1.94 bits per heavy atom. The molecule has 1 aromatic heterocycles. The molecule has 0 fully saturated rings. The van der Waals surface area contributed by atoms with Crippen molar-refractivity contribution in [1.82, 2.24) is 5.32 Å². The molecule has 1 N–H and O–H groups in total. The summed E-state index contributed by atoms with van der Waals surface area (Å²) in [6, 6.07) is 11.5. The topological polar surface area (TPSA) is 87.0 Å². The number of ketones is 1. The highest BCUT2D eigenvalue weighted by atomic mass is 16.6. The van der Waals surface area contributed by atoms with E-state index in [1.807, 2.05) is 64.1 Å². The number of carbonyl (C=O) groups is 2. The molecule has 0 amide bonds. The molecular formula is C28H33NO6.